The zero-order chi connectivity index (χ0) is 13.1. The lowest BCUT2D eigenvalue weighted by molar-refractivity contribution is -0.0313. The molecule has 0 aromatic carbocycles. The van der Waals surface area contributed by atoms with Crippen molar-refractivity contribution in [2.24, 2.45) is 0 Å². The van der Waals surface area contributed by atoms with Crippen molar-refractivity contribution in [3.8, 4) is 0 Å². The van der Waals surface area contributed by atoms with E-state index in [9.17, 15) is 0 Å². The van der Waals surface area contributed by atoms with Gasteiger partial charge in [0.1, 0.15) is 0 Å². The maximum Gasteiger partial charge on any atom is 0.0704 e. The molecule has 1 rings (SSSR count). The predicted octanol–water partition coefficient (Wildman–Crippen LogP) is 0.777. The second-order valence-electron chi connectivity index (χ2n) is 4.59. The minimum Gasteiger partial charge on any atom is -0.382 e. The third-order valence-corrected chi connectivity index (χ3v) is 3.05. The van der Waals surface area contributed by atoms with Crippen molar-refractivity contribution in [2.45, 2.75) is 18.9 Å². The number of ether oxygens (including phenoxy) is 4. The largest absolute Gasteiger partial charge is 0.382 e. The zero-order valence-corrected chi connectivity index (χ0v) is 11.7. The summed E-state index contributed by atoms with van der Waals surface area (Å²) in [4.78, 5) is 2.34. The van der Waals surface area contributed by atoms with Crippen LogP contribution in [0.4, 0.5) is 0 Å². The van der Waals surface area contributed by atoms with Gasteiger partial charge in [-0.2, -0.15) is 0 Å². The first-order chi connectivity index (χ1) is 8.83. The van der Waals surface area contributed by atoms with Gasteiger partial charge in [-0.25, -0.2) is 0 Å². The molecule has 0 N–H and O–H groups in total. The summed E-state index contributed by atoms with van der Waals surface area (Å²) in [5.41, 5.74) is 0. The zero-order valence-electron chi connectivity index (χ0n) is 11.7. The Balaban J connectivity index is 1.78. The van der Waals surface area contributed by atoms with E-state index in [2.05, 4.69) is 11.9 Å². The normalized spacial score (nSPS) is 18.3. The van der Waals surface area contributed by atoms with Gasteiger partial charge in [0.2, 0.25) is 0 Å². The molecule has 1 aliphatic heterocycles. The molecule has 1 aliphatic rings. The van der Waals surface area contributed by atoms with Crippen LogP contribution in [0.2, 0.25) is 0 Å². The van der Waals surface area contributed by atoms with Crippen LogP contribution in [0.15, 0.2) is 0 Å². The summed E-state index contributed by atoms with van der Waals surface area (Å²) >= 11 is 0. The molecule has 0 unspecified atom stereocenters. The molecule has 0 aromatic heterocycles. The van der Waals surface area contributed by atoms with Crippen molar-refractivity contribution in [3.05, 3.63) is 0 Å². The minimum atomic E-state index is 0.419. The van der Waals surface area contributed by atoms with E-state index in [1.807, 2.05) is 0 Å². The quantitative estimate of drug-likeness (QED) is 0.543. The molecule has 0 aromatic rings. The lowest BCUT2D eigenvalue weighted by atomic mass is 10.1. The average molecular weight is 261 g/mol. The van der Waals surface area contributed by atoms with Crippen molar-refractivity contribution < 1.29 is 18.9 Å². The van der Waals surface area contributed by atoms with Gasteiger partial charge >= 0.3 is 0 Å². The van der Waals surface area contributed by atoms with E-state index in [4.69, 9.17) is 18.9 Å². The lowest BCUT2D eigenvalue weighted by Crippen LogP contribution is -2.34. The molecule has 0 bridgehead atoms. The summed E-state index contributed by atoms with van der Waals surface area (Å²) in [6.07, 6.45) is 2.69. The van der Waals surface area contributed by atoms with Crippen molar-refractivity contribution in [3.63, 3.8) is 0 Å². The van der Waals surface area contributed by atoms with Crippen molar-refractivity contribution in [1.82, 2.24) is 4.90 Å². The highest BCUT2D eigenvalue weighted by Gasteiger charge is 2.16. The van der Waals surface area contributed by atoms with E-state index >= 15 is 0 Å². The van der Waals surface area contributed by atoms with Crippen LogP contribution < -0.4 is 0 Å². The number of hydrogen-bond acceptors (Lipinski definition) is 5. The summed E-state index contributed by atoms with van der Waals surface area (Å²) in [6.45, 7) is 6.13. The molecule has 0 atom stereocenters. The van der Waals surface area contributed by atoms with Crippen LogP contribution in [-0.2, 0) is 18.9 Å². The summed E-state index contributed by atoms with van der Waals surface area (Å²) in [5, 5.41) is 0. The molecule has 0 spiro atoms. The molecule has 0 amide bonds. The van der Waals surface area contributed by atoms with Crippen molar-refractivity contribution >= 4 is 0 Å². The van der Waals surface area contributed by atoms with Gasteiger partial charge in [-0.05, 0) is 19.9 Å². The first kappa shape index (κ1) is 15.9. The molecule has 1 heterocycles. The Morgan fingerprint density at radius 3 is 2.06 bits per heavy atom. The molecule has 1 fully saturated rings. The van der Waals surface area contributed by atoms with E-state index < -0.39 is 0 Å². The number of nitrogens with zero attached hydrogens (tertiary/aromatic N) is 1. The van der Waals surface area contributed by atoms with Gasteiger partial charge in [0.15, 0.2) is 0 Å². The Morgan fingerprint density at radius 2 is 1.44 bits per heavy atom. The Bertz CT molecular complexity index is 184. The maximum atomic E-state index is 5.76. The molecule has 0 saturated carbocycles. The first-order valence-electron chi connectivity index (χ1n) is 6.77. The smallest absolute Gasteiger partial charge is 0.0704 e. The van der Waals surface area contributed by atoms with Crippen LogP contribution in [-0.4, -0.2) is 77.9 Å². The van der Waals surface area contributed by atoms with Crippen LogP contribution >= 0.6 is 0 Å². The average Bonchev–Trinajstić information content (AvgIpc) is 2.39. The maximum absolute atomic E-state index is 5.76. The summed E-state index contributed by atoms with van der Waals surface area (Å²) in [5.74, 6) is 0. The number of piperidine rings is 1. The fraction of sp³-hybridized carbons (Fsp3) is 1.00. The van der Waals surface area contributed by atoms with Crippen LogP contribution in [0.5, 0.6) is 0 Å². The number of likely N-dealkylation sites (tertiary alicyclic amines) is 1. The van der Waals surface area contributed by atoms with E-state index in [0.29, 0.717) is 45.7 Å². The molecule has 5 nitrogen and oxygen atoms in total. The molecule has 0 radical (unpaired) electrons. The minimum absolute atomic E-state index is 0.419. The monoisotopic (exact) mass is 261 g/mol. The second kappa shape index (κ2) is 10.7. The standard InChI is InChI=1S/C13H27NO4/c1-14-5-3-13(4-6-14)18-12-11-17-10-9-16-8-7-15-2/h13H,3-12H2,1-2H3. The molecular formula is C13H27NO4. The van der Waals surface area contributed by atoms with Crippen LogP contribution in [0.25, 0.3) is 0 Å². The molecule has 1 saturated heterocycles. The van der Waals surface area contributed by atoms with E-state index in [1.54, 1.807) is 7.11 Å². The SMILES string of the molecule is COCCOCCOCCOC1CCN(C)CC1. The van der Waals surface area contributed by atoms with Gasteiger partial charge in [0.05, 0.1) is 45.7 Å². The molecule has 0 aliphatic carbocycles. The molecular weight excluding hydrogens is 234 g/mol. The van der Waals surface area contributed by atoms with Crippen LogP contribution in [0, 0.1) is 0 Å². The Morgan fingerprint density at radius 1 is 0.889 bits per heavy atom. The summed E-state index contributed by atoms with van der Waals surface area (Å²) in [6, 6.07) is 0. The third-order valence-electron chi connectivity index (χ3n) is 3.05. The van der Waals surface area contributed by atoms with Crippen LogP contribution in [0.1, 0.15) is 12.8 Å². The van der Waals surface area contributed by atoms with E-state index in [-0.39, 0.29) is 0 Å². The van der Waals surface area contributed by atoms with E-state index in [0.717, 1.165) is 25.9 Å². The summed E-state index contributed by atoms with van der Waals surface area (Å²) in [7, 11) is 3.82. The van der Waals surface area contributed by atoms with Crippen molar-refractivity contribution in [2.75, 3.05) is 66.9 Å². The van der Waals surface area contributed by atoms with E-state index in [1.165, 1.54) is 0 Å². The van der Waals surface area contributed by atoms with Crippen molar-refractivity contribution in [1.29, 1.82) is 0 Å². The number of hydrogen-bond donors (Lipinski definition) is 0. The fourth-order valence-electron chi connectivity index (χ4n) is 1.89. The number of methoxy groups -OCH3 is 1. The molecule has 5 heteroatoms. The Hall–Kier alpha value is -0.200. The summed E-state index contributed by atoms with van der Waals surface area (Å²) < 4.78 is 21.3. The lowest BCUT2D eigenvalue weighted by Gasteiger charge is -2.28. The Kier molecular flexibility index (Phi) is 9.42. The van der Waals surface area contributed by atoms with Gasteiger partial charge in [-0.3, -0.25) is 0 Å². The van der Waals surface area contributed by atoms with Gasteiger partial charge in [0, 0.05) is 20.2 Å². The van der Waals surface area contributed by atoms with Gasteiger partial charge in [0.25, 0.3) is 0 Å². The second-order valence-corrected chi connectivity index (χ2v) is 4.59. The number of rotatable bonds is 10. The fourth-order valence-corrected chi connectivity index (χ4v) is 1.89. The third kappa shape index (κ3) is 8.00. The van der Waals surface area contributed by atoms with Crippen LogP contribution in [0.3, 0.4) is 0 Å². The molecule has 108 valence electrons. The van der Waals surface area contributed by atoms with Gasteiger partial charge in [-0.1, -0.05) is 0 Å². The first-order valence-corrected chi connectivity index (χ1v) is 6.77. The highest BCUT2D eigenvalue weighted by molar-refractivity contribution is 4.69. The topological polar surface area (TPSA) is 40.2 Å². The highest BCUT2D eigenvalue weighted by atomic mass is 16.6. The molecule has 18 heavy (non-hydrogen) atoms. The van der Waals surface area contributed by atoms with Gasteiger partial charge in [-0.15, -0.1) is 0 Å². The van der Waals surface area contributed by atoms with Gasteiger partial charge < -0.3 is 23.8 Å². The predicted molar refractivity (Wildman–Crippen MR) is 70.0 cm³/mol. The Labute approximate surface area is 110 Å². The highest BCUT2D eigenvalue weighted by Crippen LogP contribution is 2.11.